The van der Waals surface area contributed by atoms with Crippen LogP contribution in [0, 0.1) is 12.7 Å². The fourth-order valence-electron chi connectivity index (χ4n) is 3.45. The van der Waals surface area contributed by atoms with E-state index in [4.69, 9.17) is 42.5 Å². The Morgan fingerprint density at radius 3 is 2.54 bits per heavy atom. The lowest BCUT2D eigenvalue weighted by Crippen LogP contribution is -1.98. The Kier molecular flexibility index (Phi) is 6.15. The van der Waals surface area contributed by atoms with Crippen LogP contribution in [0.1, 0.15) is 17.2 Å². The summed E-state index contributed by atoms with van der Waals surface area (Å²) in [6.07, 6.45) is 0.00644. The smallest absolute Gasteiger partial charge is 0.269 e. The highest BCUT2D eigenvalue weighted by molar-refractivity contribution is 6.32. The van der Waals surface area contributed by atoms with Gasteiger partial charge in [0.15, 0.2) is 17.3 Å². The van der Waals surface area contributed by atoms with E-state index in [-0.39, 0.29) is 40.3 Å². The molecular weight excluding hydrogens is 494 g/mol. The van der Waals surface area contributed by atoms with Crippen LogP contribution in [0.5, 0.6) is 11.5 Å². The zero-order valence-corrected chi connectivity index (χ0v) is 19.8. The Morgan fingerprint density at radius 2 is 1.77 bits per heavy atom. The van der Waals surface area contributed by atoms with Gasteiger partial charge in [-0.15, -0.1) is 10.2 Å². The molecule has 0 unspecified atom stereocenters. The van der Waals surface area contributed by atoms with Crippen molar-refractivity contribution in [3.8, 4) is 34.5 Å². The Balaban J connectivity index is 1.40. The number of aryl methyl sites for hydroxylation is 1. The third kappa shape index (κ3) is 4.84. The molecule has 0 saturated carbocycles. The van der Waals surface area contributed by atoms with Gasteiger partial charge in [0.05, 0.1) is 11.4 Å². The Morgan fingerprint density at radius 1 is 0.971 bits per heavy atom. The van der Waals surface area contributed by atoms with E-state index in [1.54, 1.807) is 13.0 Å². The van der Waals surface area contributed by atoms with Gasteiger partial charge in [-0.3, -0.25) is 0 Å². The van der Waals surface area contributed by atoms with E-state index in [0.29, 0.717) is 28.1 Å². The fourth-order valence-corrected chi connectivity index (χ4v) is 3.87. The number of aromatic nitrogens is 3. The normalized spacial score (nSPS) is 11.1. The lowest BCUT2D eigenvalue weighted by molar-refractivity contribution is 0.437. The van der Waals surface area contributed by atoms with Crippen LogP contribution in [0.2, 0.25) is 10.0 Å². The summed E-state index contributed by atoms with van der Waals surface area (Å²) in [7, 11) is 0. The molecule has 10 heteroatoms. The molecule has 176 valence electrons. The highest BCUT2D eigenvalue weighted by Gasteiger charge is 2.21. The molecule has 0 aliphatic carbocycles. The predicted molar refractivity (Wildman–Crippen MR) is 130 cm³/mol. The number of nitrogen functional groups attached to an aromatic ring is 1. The predicted octanol–water partition coefficient (Wildman–Crippen LogP) is 7.11. The molecule has 0 fully saturated rings. The molecule has 0 saturated heterocycles. The minimum atomic E-state index is -0.667. The number of nitrogens with two attached hydrogens (primary N) is 1. The highest BCUT2D eigenvalue weighted by atomic mass is 35.5. The molecule has 0 bridgehead atoms. The molecule has 0 spiro atoms. The monoisotopic (exact) mass is 510 g/mol. The van der Waals surface area contributed by atoms with Crippen LogP contribution < -0.4 is 10.5 Å². The van der Waals surface area contributed by atoms with Gasteiger partial charge >= 0.3 is 0 Å². The molecule has 3 aromatic carbocycles. The second kappa shape index (κ2) is 9.40. The SMILES string of the molecule is Cc1oc(-c2ccccc2)nc1-c1nnc(Cc2ccc(Cl)c(Oc3cc(N)cc(Cl)c3)c2F)o1. The summed E-state index contributed by atoms with van der Waals surface area (Å²) in [5.74, 6) is 0.735. The summed E-state index contributed by atoms with van der Waals surface area (Å²) >= 11 is 12.2. The molecular formula is C25H17Cl2FN4O3. The summed E-state index contributed by atoms with van der Waals surface area (Å²) in [6.45, 7) is 1.75. The number of hydrogen-bond donors (Lipinski definition) is 1. The van der Waals surface area contributed by atoms with Gasteiger partial charge in [0.1, 0.15) is 11.5 Å². The first-order chi connectivity index (χ1) is 16.9. The third-order valence-corrected chi connectivity index (χ3v) is 5.59. The van der Waals surface area contributed by atoms with Gasteiger partial charge in [0, 0.05) is 27.9 Å². The van der Waals surface area contributed by atoms with Gasteiger partial charge in [-0.05, 0) is 37.3 Å². The van der Waals surface area contributed by atoms with Crippen molar-refractivity contribution in [1.82, 2.24) is 15.2 Å². The summed E-state index contributed by atoms with van der Waals surface area (Å²) < 4.78 is 32.5. The Labute approximate surface area is 209 Å². The van der Waals surface area contributed by atoms with Crippen molar-refractivity contribution in [2.45, 2.75) is 13.3 Å². The lowest BCUT2D eigenvalue weighted by atomic mass is 10.1. The van der Waals surface area contributed by atoms with E-state index < -0.39 is 5.82 Å². The third-order valence-electron chi connectivity index (χ3n) is 5.07. The summed E-state index contributed by atoms with van der Waals surface area (Å²) in [5.41, 5.74) is 7.64. The molecule has 2 aromatic heterocycles. The maximum Gasteiger partial charge on any atom is 0.269 e. The van der Waals surface area contributed by atoms with Crippen molar-refractivity contribution >= 4 is 28.9 Å². The van der Waals surface area contributed by atoms with Crippen molar-refractivity contribution in [2.75, 3.05) is 5.73 Å². The number of oxazole rings is 1. The summed E-state index contributed by atoms with van der Waals surface area (Å²) in [6, 6.07) is 17.1. The lowest BCUT2D eigenvalue weighted by Gasteiger charge is -2.12. The molecule has 5 rings (SSSR count). The van der Waals surface area contributed by atoms with E-state index in [2.05, 4.69) is 15.2 Å². The molecule has 0 amide bonds. The van der Waals surface area contributed by atoms with Gasteiger partial charge in [0.2, 0.25) is 11.8 Å². The fraction of sp³-hybridized carbons (Fsp3) is 0.0800. The number of anilines is 1. The summed E-state index contributed by atoms with van der Waals surface area (Å²) in [5, 5.41) is 8.54. The van der Waals surface area contributed by atoms with Crippen molar-refractivity contribution in [1.29, 1.82) is 0 Å². The van der Waals surface area contributed by atoms with Crippen LogP contribution in [-0.2, 0) is 6.42 Å². The van der Waals surface area contributed by atoms with Crippen LogP contribution in [0.15, 0.2) is 69.5 Å². The number of rotatable bonds is 6. The maximum absolute atomic E-state index is 15.3. The minimum absolute atomic E-state index is 0.00644. The van der Waals surface area contributed by atoms with Gasteiger partial charge < -0.3 is 19.3 Å². The second-order valence-electron chi connectivity index (χ2n) is 7.64. The first-order valence-electron chi connectivity index (χ1n) is 10.4. The van der Waals surface area contributed by atoms with E-state index in [0.717, 1.165) is 5.56 Å². The molecule has 0 aliphatic heterocycles. The molecule has 35 heavy (non-hydrogen) atoms. The average Bonchev–Trinajstić information content (AvgIpc) is 3.45. The van der Waals surface area contributed by atoms with Gasteiger partial charge in [-0.25, -0.2) is 9.37 Å². The number of hydrogen-bond acceptors (Lipinski definition) is 7. The molecule has 0 atom stereocenters. The number of ether oxygens (including phenoxy) is 1. The van der Waals surface area contributed by atoms with Crippen LogP contribution in [0.25, 0.3) is 23.0 Å². The standard InChI is InChI=1S/C25H17Cl2FN4O3/c1-13-22(30-24(33-13)14-5-3-2-4-6-14)25-32-31-20(35-25)9-15-7-8-19(27)23(21(15)28)34-18-11-16(26)10-17(29)12-18/h2-8,10-12H,9,29H2,1H3. The first kappa shape index (κ1) is 22.9. The summed E-state index contributed by atoms with van der Waals surface area (Å²) in [4.78, 5) is 4.48. The van der Waals surface area contributed by atoms with E-state index in [1.807, 2.05) is 30.3 Å². The average molecular weight is 511 g/mol. The van der Waals surface area contributed by atoms with Crippen molar-refractivity contribution in [3.63, 3.8) is 0 Å². The molecule has 2 heterocycles. The molecule has 0 radical (unpaired) electrons. The quantitative estimate of drug-likeness (QED) is 0.243. The second-order valence-corrected chi connectivity index (χ2v) is 8.48. The van der Waals surface area contributed by atoms with E-state index >= 15 is 4.39 Å². The van der Waals surface area contributed by atoms with E-state index in [1.165, 1.54) is 24.3 Å². The maximum atomic E-state index is 15.3. The zero-order valence-electron chi connectivity index (χ0n) is 18.3. The van der Waals surface area contributed by atoms with Crippen molar-refractivity contribution < 1.29 is 18.0 Å². The highest BCUT2D eigenvalue weighted by Crippen LogP contribution is 2.36. The molecule has 5 aromatic rings. The zero-order chi connectivity index (χ0) is 24.5. The van der Waals surface area contributed by atoms with Crippen LogP contribution in [0.4, 0.5) is 10.1 Å². The first-order valence-corrected chi connectivity index (χ1v) is 11.2. The molecule has 0 aliphatic rings. The minimum Gasteiger partial charge on any atom is -0.453 e. The van der Waals surface area contributed by atoms with Gasteiger partial charge in [-0.1, -0.05) is 47.5 Å². The van der Waals surface area contributed by atoms with Gasteiger partial charge in [-0.2, -0.15) is 0 Å². The van der Waals surface area contributed by atoms with Gasteiger partial charge in [0.25, 0.3) is 5.89 Å². The molecule has 7 nitrogen and oxygen atoms in total. The Hall–Kier alpha value is -3.88. The van der Waals surface area contributed by atoms with Crippen LogP contribution in [-0.4, -0.2) is 15.2 Å². The number of nitrogens with zero attached hydrogens (tertiary/aromatic N) is 3. The van der Waals surface area contributed by atoms with E-state index in [9.17, 15) is 0 Å². The van der Waals surface area contributed by atoms with Crippen LogP contribution >= 0.6 is 23.2 Å². The molecule has 2 N–H and O–H groups in total. The van der Waals surface area contributed by atoms with Crippen molar-refractivity contribution in [2.24, 2.45) is 0 Å². The van der Waals surface area contributed by atoms with Crippen molar-refractivity contribution in [3.05, 3.63) is 93.7 Å². The number of benzene rings is 3. The van der Waals surface area contributed by atoms with Crippen LogP contribution in [0.3, 0.4) is 0 Å². The Bertz CT molecular complexity index is 1500. The topological polar surface area (TPSA) is 100 Å². The largest absolute Gasteiger partial charge is 0.453 e. The number of halogens is 3.